The highest BCUT2D eigenvalue weighted by Crippen LogP contribution is 2.34. The van der Waals surface area contributed by atoms with Crippen LogP contribution in [0.5, 0.6) is 0 Å². The number of nitrogens with zero attached hydrogens (tertiary/aromatic N) is 7. The van der Waals surface area contributed by atoms with Crippen molar-refractivity contribution >= 4 is 23.4 Å². The van der Waals surface area contributed by atoms with E-state index in [1.807, 2.05) is 12.3 Å². The highest BCUT2D eigenvalue weighted by atomic mass is 19.4. The second kappa shape index (κ2) is 12.3. The zero-order valence-corrected chi connectivity index (χ0v) is 21.4. The number of rotatable bonds is 4. The number of nitrogens with one attached hydrogen (secondary N) is 1. The van der Waals surface area contributed by atoms with E-state index in [9.17, 15) is 18.0 Å². The lowest BCUT2D eigenvalue weighted by molar-refractivity contribution is -0.137. The molecule has 3 aromatic heterocycles. The second-order valence-corrected chi connectivity index (χ2v) is 9.43. The number of amides is 1. The molecule has 3 N–H and O–H groups in total. The molecule has 5 heterocycles. The lowest BCUT2D eigenvalue weighted by atomic mass is 9.91. The molecule has 0 saturated carbocycles. The van der Waals surface area contributed by atoms with Gasteiger partial charge in [-0.2, -0.15) is 18.2 Å². The van der Waals surface area contributed by atoms with Gasteiger partial charge in [-0.25, -0.2) is 9.97 Å². The molecule has 0 atom stereocenters. The number of pyridine rings is 1. The third-order valence-corrected chi connectivity index (χ3v) is 6.32. The van der Waals surface area contributed by atoms with Gasteiger partial charge in [0.05, 0.1) is 31.3 Å². The first kappa shape index (κ1) is 28.1. The highest BCUT2D eigenvalue weighted by Gasteiger charge is 2.36. The molecule has 208 valence electrons. The maximum Gasteiger partial charge on any atom is 0.421 e. The number of ether oxygens (including phenoxy) is 1. The highest BCUT2D eigenvalue weighted by molar-refractivity contribution is 6.02. The Labute approximate surface area is 223 Å². The molecular weight excluding hydrogens is 515 g/mol. The fourth-order valence-corrected chi connectivity index (χ4v) is 4.00. The van der Waals surface area contributed by atoms with Crippen LogP contribution in [0.25, 0.3) is 0 Å². The summed E-state index contributed by atoms with van der Waals surface area (Å²) < 4.78 is 44.7. The van der Waals surface area contributed by atoms with E-state index in [1.54, 1.807) is 11.1 Å². The Bertz CT molecular complexity index is 1210. The molecule has 0 bridgehead atoms. The first-order valence-electron chi connectivity index (χ1n) is 12.4. The van der Waals surface area contributed by atoms with Crippen LogP contribution in [-0.2, 0) is 10.9 Å². The van der Waals surface area contributed by atoms with Gasteiger partial charge in [0, 0.05) is 56.5 Å². The minimum atomic E-state index is -4.71. The van der Waals surface area contributed by atoms with E-state index in [0.29, 0.717) is 32.5 Å². The summed E-state index contributed by atoms with van der Waals surface area (Å²) in [5.41, 5.74) is 6.05. The third kappa shape index (κ3) is 7.80. The van der Waals surface area contributed by atoms with Crippen LogP contribution in [0.4, 0.5) is 30.6 Å². The Morgan fingerprint density at radius 2 is 1.72 bits per heavy atom. The fourth-order valence-electron chi connectivity index (χ4n) is 4.00. The van der Waals surface area contributed by atoms with E-state index in [-0.39, 0.29) is 17.2 Å². The number of alkyl halides is 3. The molecule has 11 nitrogen and oxygen atoms in total. The molecule has 2 saturated heterocycles. The largest absolute Gasteiger partial charge is 0.421 e. The predicted molar refractivity (Wildman–Crippen MR) is 138 cm³/mol. The average Bonchev–Trinajstić information content (AvgIpc) is 2.94. The Hall–Kier alpha value is -3.91. The molecule has 0 aromatic carbocycles. The molecule has 1 amide bonds. The van der Waals surface area contributed by atoms with Gasteiger partial charge in [-0.15, -0.1) is 0 Å². The number of piperidine rings is 1. The molecule has 2 aliphatic rings. The van der Waals surface area contributed by atoms with Crippen LogP contribution in [0, 0.1) is 0 Å². The van der Waals surface area contributed by atoms with Gasteiger partial charge in [0.2, 0.25) is 5.95 Å². The molecule has 0 aliphatic carbocycles. The number of carbonyl (C=O) groups excluding carboxylic acids is 1. The van der Waals surface area contributed by atoms with Crippen molar-refractivity contribution < 1.29 is 22.7 Å². The lowest BCUT2D eigenvalue weighted by Gasteiger charge is -2.37. The number of halogens is 3. The molecule has 2 fully saturated rings. The standard InChI is InChI=1S/C14H13F3N6O2.C11H17N3/c15-14(16,17)9-7-20-13(23-3-5-25-6-4-23)22-11(9)21-12(24)10-8-18-1-2-19-10;1-11(12)4-7-14(8-5-11)10-3-2-6-13-9-10/h1-2,7-8H,3-6H2,(H,20,21,22,24);2-3,6,9H,4-5,7-8,12H2,1H3. The number of hydrogen-bond donors (Lipinski definition) is 2. The van der Waals surface area contributed by atoms with Crippen molar-refractivity contribution in [1.82, 2.24) is 24.9 Å². The van der Waals surface area contributed by atoms with Crippen molar-refractivity contribution in [2.45, 2.75) is 31.5 Å². The van der Waals surface area contributed by atoms with E-state index >= 15 is 0 Å². The number of aromatic nitrogens is 5. The number of nitrogens with two attached hydrogens (primary N) is 1. The van der Waals surface area contributed by atoms with Crippen molar-refractivity contribution in [3.8, 4) is 0 Å². The Morgan fingerprint density at radius 3 is 2.33 bits per heavy atom. The van der Waals surface area contributed by atoms with Gasteiger partial charge in [-0.3, -0.25) is 14.8 Å². The second-order valence-electron chi connectivity index (χ2n) is 9.43. The SMILES string of the molecule is CC1(N)CCN(c2cccnc2)CC1.O=C(Nc1nc(N2CCOCC2)ncc1C(F)(F)F)c1cnccn1. The third-order valence-electron chi connectivity index (χ3n) is 6.32. The minimum absolute atomic E-state index is 0.0265. The van der Waals surface area contributed by atoms with E-state index in [0.717, 1.165) is 32.1 Å². The Morgan fingerprint density at radius 1 is 1.00 bits per heavy atom. The summed E-state index contributed by atoms with van der Waals surface area (Å²) in [6.07, 6.45) is 5.53. The number of anilines is 3. The zero-order valence-electron chi connectivity index (χ0n) is 21.4. The van der Waals surface area contributed by atoms with Crippen molar-refractivity contribution in [3.05, 3.63) is 60.6 Å². The summed E-state index contributed by atoms with van der Waals surface area (Å²) >= 11 is 0. The van der Waals surface area contributed by atoms with Crippen molar-refractivity contribution in [2.24, 2.45) is 5.73 Å². The van der Waals surface area contributed by atoms with Gasteiger partial charge in [0.1, 0.15) is 11.3 Å². The van der Waals surface area contributed by atoms with Gasteiger partial charge >= 0.3 is 6.18 Å². The first-order valence-corrected chi connectivity index (χ1v) is 12.4. The molecule has 3 aromatic rings. The molecule has 2 aliphatic heterocycles. The minimum Gasteiger partial charge on any atom is -0.378 e. The average molecular weight is 546 g/mol. The maximum absolute atomic E-state index is 13.2. The zero-order chi connectivity index (χ0) is 27.9. The van der Waals surface area contributed by atoms with Crippen LogP contribution in [-0.4, -0.2) is 75.8 Å². The number of hydrogen-bond acceptors (Lipinski definition) is 10. The summed E-state index contributed by atoms with van der Waals surface area (Å²) in [5.74, 6) is -1.38. The van der Waals surface area contributed by atoms with E-state index in [1.165, 1.54) is 18.1 Å². The van der Waals surface area contributed by atoms with Crippen LogP contribution in [0.2, 0.25) is 0 Å². The van der Waals surface area contributed by atoms with Crippen LogP contribution in [0.15, 0.2) is 49.3 Å². The summed E-state index contributed by atoms with van der Waals surface area (Å²) in [4.78, 5) is 35.4. The van der Waals surface area contributed by atoms with E-state index in [2.05, 4.69) is 48.1 Å². The Balaban J connectivity index is 0.000000212. The van der Waals surface area contributed by atoms with Gasteiger partial charge in [-0.05, 0) is 31.9 Å². The van der Waals surface area contributed by atoms with Crippen molar-refractivity contribution in [2.75, 3.05) is 54.5 Å². The van der Waals surface area contributed by atoms with Crippen LogP contribution in [0.3, 0.4) is 0 Å². The van der Waals surface area contributed by atoms with E-state index < -0.39 is 23.5 Å². The summed E-state index contributed by atoms with van der Waals surface area (Å²) in [7, 11) is 0. The Kier molecular flexibility index (Phi) is 8.86. The number of morpholine rings is 1. The molecule has 0 unspecified atom stereocenters. The molecule has 14 heteroatoms. The van der Waals surface area contributed by atoms with Gasteiger partial charge in [-0.1, -0.05) is 0 Å². The molecule has 0 spiro atoms. The van der Waals surface area contributed by atoms with Gasteiger partial charge < -0.3 is 25.6 Å². The first-order chi connectivity index (χ1) is 18.6. The van der Waals surface area contributed by atoms with Gasteiger partial charge in [0.15, 0.2) is 5.82 Å². The van der Waals surface area contributed by atoms with Crippen molar-refractivity contribution in [3.63, 3.8) is 0 Å². The van der Waals surface area contributed by atoms with E-state index in [4.69, 9.17) is 10.5 Å². The molecule has 0 radical (unpaired) electrons. The smallest absolute Gasteiger partial charge is 0.378 e. The molecule has 39 heavy (non-hydrogen) atoms. The maximum atomic E-state index is 13.2. The summed E-state index contributed by atoms with van der Waals surface area (Å²) in [6, 6.07) is 4.08. The normalized spacial score (nSPS) is 17.2. The lowest BCUT2D eigenvalue weighted by Crippen LogP contribution is -2.48. The fraction of sp³-hybridized carbons (Fsp3) is 0.440. The topological polar surface area (TPSA) is 135 Å². The van der Waals surface area contributed by atoms with Gasteiger partial charge in [0.25, 0.3) is 5.91 Å². The molecule has 5 rings (SSSR count). The summed E-state index contributed by atoms with van der Waals surface area (Å²) in [6.45, 7) is 5.95. The molecular formula is C25H30F3N9O2. The van der Waals surface area contributed by atoms with Crippen molar-refractivity contribution in [1.29, 1.82) is 0 Å². The summed E-state index contributed by atoms with van der Waals surface area (Å²) in [5, 5.41) is 2.14. The quantitative estimate of drug-likeness (QED) is 0.504. The van der Waals surface area contributed by atoms with Crippen LogP contribution >= 0.6 is 0 Å². The number of carbonyl (C=O) groups is 1. The predicted octanol–water partition coefficient (Wildman–Crippen LogP) is 2.77. The monoisotopic (exact) mass is 545 g/mol. The van der Waals surface area contributed by atoms with Crippen LogP contribution in [0.1, 0.15) is 35.8 Å². The van der Waals surface area contributed by atoms with Crippen LogP contribution < -0.4 is 20.9 Å².